The summed E-state index contributed by atoms with van der Waals surface area (Å²) in [6.45, 7) is 8.74. The summed E-state index contributed by atoms with van der Waals surface area (Å²) in [4.78, 5) is 18.0. The van der Waals surface area contributed by atoms with Crippen LogP contribution in [0.25, 0.3) is 10.9 Å². The number of carbonyl (C=O) groups is 1. The first-order chi connectivity index (χ1) is 12.5. The van der Waals surface area contributed by atoms with Gasteiger partial charge >= 0.3 is 0 Å². The number of nitrogens with zero attached hydrogens (tertiary/aromatic N) is 1. The van der Waals surface area contributed by atoms with E-state index in [1.165, 1.54) is 16.7 Å². The van der Waals surface area contributed by atoms with E-state index in [9.17, 15) is 4.79 Å². The molecule has 4 nitrogen and oxygen atoms in total. The van der Waals surface area contributed by atoms with Gasteiger partial charge in [0, 0.05) is 24.0 Å². The third-order valence-corrected chi connectivity index (χ3v) is 4.77. The Morgan fingerprint density at radius 1 is 1.12 bits per heavy atom. The zero-order valence-electron chi connectivity index (χ0n) is 16.0. The van der Waals surface area contributed by atoms with E-state index in [-0.39, 0.29) is 5.91 Å². The lowest BCUT2D eigenvalue weighted by Crippen LogP contribution is -2.23. The predicted molar refractivity (Wildman–Crippen MR) is 107 cm³/mol. The summed E-state index contributed by atoms with van der Waals surface area (Å²) >= 11 is 0. The van der Waals surface area contributed by atoms with E-state index in [2.05, 4.69) is 79.4 Å². The maximum Gasteiger partial charge on any atom is 0.267 e. The molecular weight excluding hydrogens is 322 g/mol. The summed E-state index contributed by atoms with van der Waals surface area (Å²) in [5.41, 5.74) is 6.37. The molecule has 0 saturated carbocycles. The van der Waals surface area contributed by atoms with Crippen LogP contribution < -0.4 is 5.32 Å². The van der Waals surface area contributed by atoms with Crippen LogP contribution in [0.3, 0.4) is 0 Å². The molecule has 26 heavy (non-hydrogen) atoms. The Morgan fingerprint density at radius 3 is 2.65 bits per heavy atom. The summed E-state index contributed by atoms with van der Waals surface area (Å²) in [5.74, 6) is -0.0747. The quantitative estimate of drug-likeness (QED) is 0.702. The van der Waals surface area contributed by atoms with E-state index in [0.717, 1.165) is 29.6 Å². The number of aromatic amines is 1. The second-order valence-electron chi connectivity index (χ2n) is 7.06. The number of H-pyrrole nitrogens is 1. The van der Waals surface area contributed by atoms with E-state index in [1.807, 2.05) is 6.07 Å². The first-order valence-corrected chi connectivity index (χ1v) is 9.10. The highest BCUT2D eigenvalue weighted by Crippen LogP contribution is 2.21. The third kappa shape index (κ3) is 4.14. The monoisotopic (exact) mass is 349 g/mol. The number of hydrogen-bond acceptors (Lipinski definition) is 2. The molecule has 1 aromatic heterocycles. The minimum absolute atomic E-state index is 0.0747. The van der Waals surface area contributed by atoms with Crippen LogP contribution in [-0.2, 0) is 13.1 Å². The number of rotatable bonds is 6. The Balaban J connectivity index is 1.69. The smallest absolute Gasteiger partial charge is 0.267 e. The van der Waals surface area contributed by atoms with Crippen LogP contribution in [0, 0.1) is 13.8 Å². The molecule has 0 bridgehead atoms. The molecule has 0 saturated heterocycles. The van der Waals surface area contributed by atoms with Crippen molar-refractivity contribution in [3.05, 3.63) is 70.4 Å². The van der Waals surface area contributed by atoms with Gasteiger partial charge in [0.05, 0.1) is 0 Å². The average molecular weight is 349 g/mol. The Labute approximate surface area is 155 Å². The summed E-state index contributed by atoms with van der Waals surface area (Å²) in [6.07, 6.45) is 0. The molecular formula is C22H27N3O. The van der Waals surface area contributed by atoms with Gasteiger partial charge in [-0.1, -0.05) is 37.3 Å². The molecule has 1 heterocycles. The van der Waals surface area contributed by atoms with Crippen LogP contribution in [0.2, 0.25) is 0 Å². The SMILES string of the molecule is CCN(C)Cc1cccc(CNC(=O)c2cc3c(C)cc(C)cc3[nH]2)c1. The summed E-state index contributed by atoms with van der Waals surface area (Å²) < 4.78 is 0. The highest BCUT2D eigenvalue weighted by atomic mass is 16.1. The first kappa shape index (κ1) is 18.2. The van der Waals surface area contributed by atoms with Gasteiger partial charge in [0.25, 0.3) is 5.91 Å². The first-order valence-electron chi connectivity index (χ1n) is 9.10. The Kier molecular flexibility index (Phi) is 5.43. The summed E-state index contributed by atoms with van der Waals surface area (Å²) in [7, 11) is 2.11. The Morgan fingerprint density at radius 2 is 1.88 bits per heavy atom. The lowest BCUT2D eigenvalue weighted by atomic mass is 10.1. The van der Waals surface area contributed by atoms with Crippen molar-refractivity contribution in [3.8, 4) is 0 Å². The summed E-state index contributed by atoms with van der Waals surface area (Å²) in [6, 6.07) is 14.5. The molecule has 0 aliphatic rings. The second-order valence-corrected chi connectivity index (χ2v) is 7.06. The zero-order valence-corrected chi connectivity index (χ0v) is 16.0. The zero-order chi connectivity index (χ0) is 18.7. The van der Waals surface area contributed by atoms with E-state index in [0.29, 0.717) is 12.2 Å². The molecule has 2 aromatic carbocycles. The fourth-order valence-corrected chi connectivity index (χ4v) is 3.26. The molecule has 0 unspecified atom stereocenters. The van der Waals surface area contributed by atoms with Gasteiger partial charge in [-0.2, -0.15) is 0 Å². The van der Waals surface area contributed by atoms with Crippen molar-refractivity contribution in [3.63, 3.8) is 0 Å². The molecule has 4 heteroatoms. The van der Waals surface area contributed by atoms with Crippen LogP contribution in [0.5, 0.6) is 0 Å². The molecule has 136 valence electrons. The molecule has 1 amide bonds. The fraction of sp³-hybridized carbons (Fsp3) is 0.318. The van der Waals surface area contributed by atoms with Gasteiger partial charge in [0.1, 0.15) is 5.69 Å². The van der Waals surface area contributed by atoms with E-state index in [1.54, 1.807) is 0 Å². The van der Waals surface area contributed by atoms with Crippen molar-refractivity contribution < 1.29 is 4.79 Å². The molecule has 0 fully saturated rings. The predicted octanol–water partition coefficient (Wildman–Crippen LogP) is 4.17. The standard InChI is InChI=1S/C22H27N3O/c1-5-25(4)14-18-8-6-7-17(11-18)13-23-22(26)21-12-19-16(3)9-15(2)10-20(19)24-21/h6-12,24H,5,13-14H2,1-4H3,(H,23,26). The lowest BCUT2D eigenvalue weighted by Gasteiger charge is -2.14. The number of aromatic nitrogens is 1. The number of aryl methyl sites for hydroxylation is 2. The minimum Gasteiger partial charge on any atom is -0.351 e. The van der Waals surface area contributed by atoms with Gasteiger partial charge in [0.15, 0.2) is 0 Å². The minimum atomic E-state index is -0.0747. The van der Waals surface area contributed by atoms with Crippen molar-refractivity contribution in [2.45, 2.75) is 33.9 Å². The lowest BCUT2D eigenvalue weighted by molar-refractivity contribution is 0.0946. The Bertz CT molecular complexity index is 926. The third-order valence-electron chi connectivity index (χ3n) is 4.77. The van der Waals surface area contributed by atoms with Crippen LogP contribution in [0.4, 0.5) is 0 Å². The number of benzene rings is 2. The maximum atomic E-state index is 12.5. The summed E-state index contributed by atoms with van der Waals surface area (Å²) in [5, 5.41) is 4.12. The number of fused-ring (bicyclic) bond motifs is 1. The largest absolute Gasteiger partial charge is 0.351 e. The molecule has 0 atom stereocenters. The number of carbonyl (C=O) groups excluding carboxylic acids is 1. The highest BCUT2D eigenvalue weighted by Gasteiger charge is 2.11. The van der Waals surface area contributed by atoms with Gasteiger partial charge in [-0.3, -0.25) is 4.79 Å². The number of hydrogen-bond donors (Lipinski definition) is 2. The fourth-order valence-electron chi connectivity index (χ4n) is 3.26. The van der Waals surface area contributed by atoms with Gasteiger partial charge in [0.2, 0.25) is 0 Å². The molecule has 3 rings (SSSR count). The van der Waals surface area contributed by atoms with Crippen molar-refractivity contribution in [2.75, 3.05) is 13.6 Å². The van der Waals surface area contributed by atoms with Crippen LogP contribution >= 0.6 is 0 Å². The number of nitrogens with one attached hydrogen (secondary N) is 2. The van der Waals surface area contributed by atoms with Crippen molar-refractivity contribution in [1.82, 2.24) is 15.2 Å². The molecule has 0 aliphatic carbocycles. The van der Waals surface area contributed by atoms with Gasteiger partial charge in [-0.15, -0.1) is 0 Å². The van der Waals surface area contributed by atoms with E-state index < -0.39 is 0 Å². The van der Waals surface area contributed by atoms with Crippen molar-refractivity contribution in [2.24, 2.45) is 0 Å². The van der Waals surface area contributed by atoms with Gasteiger partial charge in [-0.05, 0) is 61.8 Å². The maximum absolute atomic E-state index is 12.5. The van der Waals surface area contributed by atoms with E-state index >= 15 is 0 Å². The Hall–Kier alpha value is -2.59. The normalized spacial score (nSPS) is 11.3. The van der Waals surface area contributed by atoms with Crippen molar-refractivity contribution >= 4 is 16.8 Å². The molecule has 0 aliphatic heterocycles. The van der Waals surface area contributed by atoms with Crippen LogP contribution in [0.15, 0.2) is 42.5 Å². The van der Waals surface area contributed by atoms with Crippen LogP contribution in [-0.4, -0.2) is 29.4 Å². The van der Waals surface area contributed by atoms with E-state index in [4.69, 9.17) is 0 Å². The van der Waals surface area contributed by atoms with Crippen LogP contribution in [0.1, 0.15) is 39.7 Å². The number of amides is 1. The van der Waals surface area contributed by atoms with Gasteiger partial charge < -0.3 is 15.2 Å². The molecule has 0 spiro atoms. The molecule has 0 radical (unpaired) electrons. The highest BCUT2D eigenvalue weighted by molar-refractivity contribution is 5.98. The second kappa shape index (κ2) is 7.75. The molecule has 2 N–H and O–H groups in total. The molecule has 3 aromatic rings. The van der Waals surface area contributed by atoms with Gasteiger partial charge in [-0.25, -0.2) is 0 Å². The van der Waals surface area contributed by atoms with Crippen molar-refractivity contribution in [1.29, 1.82) is 0 Å². The average Bonchev–Trinajstić information content (AvgIpc) is 3.04. The topological polar surface area (TPSA) is 48.1 Å².